The summed E-state index contributed by atoms with van der Waals surface area (Å²) >= 11 is 0. The van der Waals surface area contributed by atoms with Gasteiger partial charge in [0.1, 0.15) is 0 Å². The summed E-state index contributed by atoms with van der Waals surface area (Å²) in [6, 6.07) is 8.15. The molecule has 0 radical (unpaired) electrons. The minimum Gasteiger partial charge on any atom is -0.388 e. The first-order chi connectivity index (χ1) is 5.29. The zero-order chi connectivity index (χ0) is 7.84. The SMILES string of the molecule is C[C@@H]1CC(O)c2ccccc21. The average molecular weight is 148 g/mol. The van der Waals surface area contributed by atoms with Crippen molar-refractivity contribution in [1.29, 1.82) is 0 Å². The van der Waals surface area contributed by atoms with E-state index in [1.165, 1.54) is 5.56 Å². The molecule has 0 spiro atoms. The first-order valence-electron chi connectivity index (χ1n) is 4.06. The van der Waals surface area contributed by atoms with Crippen molar-refractivity contribution in [2.45, 2.75) is 25.4 Å². The summed E-state index contributed by atoms with van der Waals surface area (Å²) < 4.78 is 0. The maximum absolute atomic E-state index is 9.55. The highest BCUT2D eigenvalue weighted by atomic mass is 16.3. The van der Waals surface area contributed by atoms with Crippen LogP contribution in [0.25, 0.3) is 0 Å². The maximum atomic E-state index is 9.55. The summed E-state index contributed by atoms with van der Waals surface area (Å²) in [6.07, 6.45) is 0.667. The van der Waals surface area contributed by atoms with E-state index in [-0.39, 0.29) is 6.10 Å². The monoisotopic (exact) mass is 148 g/mol. The van der Waals surface area contributed by atoms with Crippen molar-refractivity contribution in [2.75, 3.05) is 0 Å². The highest BCUT2D eigenvalue weighted by molar-refractivity contribution is 5.36. The third-order valence-electron chi connectivity index (χ3n) is 2.46. The first-order valence-corrected chi connectivity index (χ1v) is 4.06. The van der Waals surface area contributed by atoms with Crippen LogP contribution in [0.1, 0.15) is 36.5 Å². The van der Waals surface area contributed by atoms with Crippen molar-refractivity contribution in [1.82, 2.24) is 0 Å². The number of aliphatic hydroxyl groups excluding tert-OH is 1. The summed E-state index contributed by atoms with van der Waals surface area (Å²) in [6.45, 7) is 2.16. The van der Waals surface area contributed by atoms with Crippen LogP contribution < -0.4 is 0 Å². The van der Waals surface area contributed by atoms with E-state index < -0.39 is 0 Å². The Morgan fingerprint density at radius 2 is 1.91 bits per heavy atom. The molecule has 1 nitrogen and oxygen atoms in total. The minimum absolute atomic E-state index is 0.221. The molecule has 0 aromatic heterocycles. The largest absolute Gasteiger partial charge is 0.388 e. The van der Waals surface area contributed by atoms with E-state index in [1.54, 1.807) is 0 Å². The second-order valence-corrected chi connectivity index (χ2v) is 3.28. The molecule has 0 fully saturated rings. The predicted molar refractivity (Wildman–Crippen MR) is 44.4 cm³/mol. The third kappa shape index (κ3) is 0.962. The lowest BCUT2D eigenvalue weighted by molar-refractivity contribution is 0.174. The molecule has 58 valence electrons. The Hall–Kier alpha value is -0.820. The summed E-state index contributed by atoms with van der Waals surface area (Å²) in [5.41, 5.74) is 2.44. The van der Waals surface area contributed by atoms with Gasteiger partial charge in [-0.15, -0.1) is 0 Å². The van der Waals surface area contributed by atoms with Gasteiger partial charge in [0.25, 0.3) is 0 Å². The Kier molecular flexibility index (Phi) is 1.46. The summed E-state index contributed by atoms with van der Waals surface area (Å²) in [7, 11) is 0. The summed E-state index contributed by atoms with van der Waals surface area (Å²) in [5, 5.41) is 9.55. The van der Waals surface area contributed by atoms with Crippen LogP contribution in [0.3, 0.4) is 0 Å². The van der Waals surface area contributed by atoms with Gasteiger partial charge in [-0.3, -0.25) is 0 Å². The van der Waals surface area contributed by atoms with Gasteiger partial charge in [0.05, 0.1) is 6.10 Å². The van der Waals surface area contributed by atoms with Gasteiger partial charge in [-0.1, -0.05) is 31.2 Å². The molecular formula is C10H12O. The van der Waals surface area contributed by atoms with Gasteiger partial charge in [-0.2, -0.15) is 0 Å². The number of rotatable bonds is 0. The van der Waals surface area contributed by atoms with Crippen molar-refractivity contribution in [2.24, 2.45) is 0 Å². The van der Waals surface area contributed by atoms with Crippen LogP contribution in [0.15, 0.2) is 24.3 Å². The number of aliphatic hydroxyl groups is 1. The van der Waals surface area contributed by atoms with Crippen LogP contribution in [-0.4, -0.2) is 5.11 Å². The summed E-state index contributed by atoms with van der Waals surface area (Å²) in [4.78, 5) is 0. The maximum Gasteiger partial charge on any atom is 0.0798 e. The van der Waals surface area contributed by atoms with Crippen LogP contribution in [0.4, 0.5) is 0 Å². The standard InChI is InChI=1S/C10H12O/c1-7-6-10(11)9-5-3-2-4-8(7)9/h2-5,7,10-11H,6H2,1H3/t7-,10?/m1/s1. The van der Waals surface area contributed by atoms with Crippen molar-refractivity contribution in [3.8, 4) is 0 Å². The molecule has 1 N–H and O–H groups in total. The molecule has 0 bridgehead atoms. The lowest BCUT2D eigenvalue weighted by atomic mass is 10.0. The molecule has 1 aliphatic rings. The molecule has 0 aliphatic heterocycles. The highest BCUT2D eigenvalue weighted by Crippen LogP contribution is 2.39. The van der Waals surface area contributed by atoms with Crippen LogP contribution >= 0.6 is 0 Å². The number of hydrogen-bond donors (Lipinski definition) is 1. The van der Waals surface area contributed by atoms with Gasteiger partial charge < -0.3 is 5.11 Å². The zero-order valence-corrected chi connectivity index (χ0v) is 6.62. The fraction of sp³-hybridized carbons (Fsp3) is 0.400. The van der Waals surface area contributed by atoms with Gasteiger partial charge in [0.15, 0.2) is 0 Å². The Labute approximate surface area is 66.7 Å². The molecule has 11 heavy (non-hydrogen) atoms. The number of hydrogen-bond acceptors (Lipinski definition) is 1. The molecule has 0 saturated heterocycles. The van der Waals surface area contributed by atoms with E-state index in [0.29, 0.717) is 5.92 Å². The molecule has 2 rings (SSSR count). The normalized spacial score (nSPS) is 28.5. The molecule has 0 saturated carbocycles. The molecule has 2 atom stereocenters. The van der Waals surface area contributed by atoms with E-state index in [2.05, 4.69) is 13.0 Å². The predicted octanol–water partition coefficient (Wildman–Crippen LogP) is 2.23. The molecule has 1 aliphatic carbocycles. The van der Waals surface area contributed by atoms with E-state index in [4.69, 9.17) is 0 Å². The number of fused-ring (bicyclic) bond motifs is 1. The van der Waals surface area contributed by atoms with Gasteiger partial charge in [-0.05, 0) is 23.5 Å². The molecule has 1 aromatic rings. The summed E-state index contributed by atoms with van der Waals surface area (Å²) in [5.74, 6) is 0.529. The molecule has 1 unspecified atom stereocenters. The Morgan fingerprint density at radius 3 is 2.55 bits per heavy atom. The fourth-order valence-corrected chi connectivity index (χ4v) is 1.85. The van der Waals surface area contributed by atoms with E-state index in [9.17, 15) is 5.11 Å². The van der Waals surface area contributed by atoms with Crippen LogP contribution in [-0.2, 0) is 0 Å². The first kappa shape index (κ1) is 6.86. The second-order valence-electron chi connectivity index (χ2n) is 3.28. The minimum atomic E-state index is -0.221. The van der Waals surface area contributed by atoms with E-state index in [0.717, 1.165) is 12.0 Å². The smallest absolute Gasteiger partial charge is 0.0798 e. The van der Waals surface area contributed by atoms with Gasteiger partial charge >= 0.3 is 0 Å². The molecule has 0 heterocycles. The zero-order valence-electron chi connectivity index (χ0n) is 6.62. The van der Waals surface area contributed by atoms with Crippen LogP contribution in [0, 0.1) is 0 Å². The van der Waals surface area contributed by atoms with Crippen molar-refractivity contribution in [3.63, 3.8) is 0 Å². The van der Waals surface area contributed by atoms with Crippen LogP contribution in [0.5, 0.6) is 0 Å². The van der Waals surface area contributed by atoms with Gasteiger partial charge in [0.2, 0.25) is 0 Å². The second kappa shape index (κ2) is 2.35. The number of benzene rings is 1. The average Bonchev–Trinajstić information content (AvgIpc) is 2.30. The van der Waals surface area contributed by atoms with Gasteiger partial charge in [-0.25, -0.2) is 0 Å². The van der Waals surface area contributed by atoms with Crippen LogP contribution in [0.2, 0.25) is 0 Å². The Morgan fingerprint density at radius 1 is 1.27 bits per heavy atom. The van der Waals surface area contributed by atoms with Crippen molar-refractivity contribution in [3.05, 3.63) is 35.4 Å². The lowest BCUT2D eigenvalue weighted by Gasteiger charge is -2.01. The lowest BCUT2D eigenvalue weighted by Crippen LogP contribution is -1.88. The molecule has 1 aromatic carbocycles. The van der Waals surface area contributed by atoms with Crippen molar-refractivity contribution < 1.29 is 5.11 Å². The third-order valence-corrected chi connectivity index (χ3v) is 2.46. The quantitative estimate of drug-likeness (QED) is 0.598. The van der Waals surface area contributed by atoms with Gasteiger partial charge in [0, 0.05) is 0 Å². The molecule has 1 heteroatoms. The molecule has 0 amide bonds. The topological polar surface area (TPSA) is 20.2 Å². The Balaban J connectivity index is 2.52. The molecular weight excluding hydrogens is 136 g/mol. The van der Waals surface area contributed by atoms with E-state index >= 15 is 0 Å². The fourth-order valence-electron chi connectivity index (χ4n) is 1.85. The Bertz CT molecular complexity index is 240. The van der Waals surface area contributed by atoms with Crippen molar-refractivity contribution >= 4 is 0 Å². The van der Waals surface area contributed by atoms with E-state index in [1.807, 2.05) is 18.2 Å². The highest BCUT2D eigenvalue weighted by Gasteiger charge is 2.25.